The van der Waals surface area contributed by atoms with Crippen molar-refractivity contribution in [2.45, 2.75) is 45.8 Å². The summed E-state index contributed by atoms with van der Waals surface area (Å²) in [6.45, 7) is 7.03. The summed E-state index contributed by atoms with van der Waals surface area (Å²) in [6.07, 6.45) is 2.42. The van der Waals surface area contributed by atoms with Gasteiger partial charge in [0.2, 0.25) is 5.91 Å². The first-order chi connectivity index (χ1) is 15.8. The third kappa shape index (κ3) is 4.37. The number of fused-ring (bicyclic) bond motifs is 1. The normalized spacial score (nSPS) is 17.8. The van der Waals surface area contributed by atoms with Gasteiger partial charge in [-0.25, -0.2) is 0 Å². The van der Waals surface area contributed by atoms with Crippen molar-refractivity contribution in [3.63, 3.8) is 0 Å². The van der Waals surface area contributed by atoms with Crippen molar-refractivity contribution < 1.29 is 18.7 Å². The SMILES string of the molecule is COc1ccccc1CN1C(=O)c2cc(-c3ccco3)nn2C[C@@]1(C)C(=O)NCCC(C)C. The number of methoxy groups -OCH3 is 1. The van der Waals surface area contributed by atoms with Crippen LogP contribution in [0.1, 0.15) is 43.2 Å². The first-order valence-electron chi connectivity index (χ1n) is 11.2. The van der Waals surface area contributed by atoms with Crippen LogP contribution in [0.25, 0.3) is 11.5 Å². The number of amides is 2. The van der Waals surface area contributed by atoms with E-state index < -0.39 is 5.54 Å². The zero-order valence-corrected chi connectivity index (χ0v) is 19.5. The van der Waals surface area contributed by atoms with E-state index in [1.807, 2.05) is 24.3 Å². The number of aromatic nitrogens is 2. The summed E-state index contributed by atoms with van der Waals surface area (Å²) in [5.41, 5.74) is 0.677. The summed E-state index contributed by atoms with van der Waals surface area (Å²) in [5, 5.41) is 7.61. The van der Waals surface area contributed by atoms with Crippen LogP contribution in [-0.4, -0.2) is 45.7 Å². The van der Waals surface area contributed by atoms with Gasteiger partial charge in [-0.1, -0.05) is 32.0 Å². The minimum atomic E-state index is -1.13. The summed E-state index contributed by atoms with van der Waals surface area (Å²) >= 11 is 0. The minimum Gasteiger partial charge on any atom is -0.496 e. The Hall–Kier alpha value is -3.55. The lowest BCUT2D eigenvalue weighted by atomic mass is 9.93. The van der Waals surface area contributed by atoms with Crippen molar-refractivity contribution in [2.75, 3.05) is 13.7 Å². The van der Waals surface area contributed by atoms with E-state index in [1.165, 1.54) is 0 Å². The molecule has 8 heteroatoms. The molecule has 33 heavy (non-hydrogen) atoms. The van der Waals surface area contributed by atoms with E-state index in [0.717, 1.165) is 12.0 Å². The predicted molar refractivity (Wildman–Crippen MR) is 124 cm³/mol. The quantitative estimate of drug-likeness (QED) is 0.565. The number of hydrogen-bond acceptors (Lipinski definition) is 5. The Morgan fingerprint density at radius 1 is 1.27 bits per heavy atom. The lowest BCUT2D eigenvalue weighted by Crippen LogP contribution is -2.63. The van der Waals surface area contributed by atoms with Gasteiger partial charge in [-0.15, -0.1) is 0 Å². The zero-order valence-electron chi connectivity index (χ0n) is 19.5. The van der Waals surface area contributed by atoms with Crippen molar-refractivity contribution in [1.82, 2.24) is 20.0 Å². The van der Waals surface area contributed by atoms with E-state index in [-0.39, 0.29) is 24.9 Å². The Morgan fingerprint density at radius 2 is 2.06 bits per heavy atom. The van der Waals surface area contributed by atoms with Crippen LogP contribution in [0.4, 0.5) is 0 Å². The van der Waals surface area contributed by atoms with Crippen molar-refractivity contribution >= 4 is 11.8 Å². The van der Waals surface area contributed by atoms with Gasteiger partial charge < -0.3 is 19.4 Å². The molecule has 2 amide bonds. The van der Waals surface area contributed by atoms with E-state index >= 15 is 0 Å². The van der Waals surface area contributed by atoms with Crippen LogP contribution in [0.15, 0.2) is 53.1 Å². The number of nitrogens with one attached hydrogen (secondary N) is 1. The Bertz CT molecular complexity index is 1140. The molecule has 1 aliphatic rings. The molecular weight excluding hydrogens is 420 g/mol. The van der Waals surface area contributed by atoms with Gasteiger partial charge in [0, 0.05) is 18.2 Å². The molecule has 4 rings (SSSR count). The average Bonchev–Trinajstić information content (AvgIpc) is 3.46. The Balaban J connectivity index is 1.71. The highest BCUT2D eigenvalue weighted by Gasteiger charge is 2.48. The van der Waals surface area contributed by atoms with Crippen LogP contribution in [0, 0.1) is 5.92 Å². The second-order valence-electron chi connectivity index (χ2n) is 8.97. The standard InChI is InChI=1S/C25H30N4O4/c1-17(2)11-12-26-24(31)25(3)16-29-20(14-19(27-29)22-10-7-13-33-22)23(30)28(25)15-18-8-5-6-9-21(18)32-4/h5-10,13-14,17H,11-12,15-16H2,1-4H3,(H,26,31)/t25-/m0/s1. The number of ether oxygens (including phenoxy) is 1. The topological polar surface area (TPSA) is 89.6 Å². The minimum absolute atomic E-state index is 0.202. The molecule has 3 aromatic rings. The van der Waals surface area contributed by atoms with E-state index in [2.05, 4.69) is 24.3 Å². The second kappa shape index (κ2) is 9.13. The lowest BCUT2D eigenvalue weighted by Gasteiger charge is -2.43. The molecule has 0 radical (unpaired) electrons. The van der Waals surface area contributed by atoms with Crippen molar-refractivity contribution in [2.24, 2.45) is 5.92 Å². The second-order valence-corrected chi connectivity index (χ2v) is 8.97. The molecule has 0 unspecified atom stereocenters. The highest BCUT2D eigenvalue weighted by molar-refractivity contribution is 6.00. The van der Waals surface area contributed by atoms with Crippen molar-refractivity contribution in [3.8, 4) is 17.2 Å². The van der Waals surface area contributed by atoms with Crippen LogP contribution in [0.2, 0.25) is 0 Å². The van der Waals surface area contributed by atoms with E-state index in [9.17, 15) is 9.59 Å². The van der Waals surface area contributed by atoms with E-state index in [1.54, 1.807) is 48.1 Å². The summed E-state index contributed by atoms with van der Waals surface area (Å²) < 4.78 is 12.6. The summed E-state index contributed by atoms with van der Waals surface area (Å²) in [4.78, 5) is 28.8. The number of benzene rings is 1. The van der Waals surface area contributed by atoms with Gasteiger partial charge in [0.1, 0.15) is 22.7 Å². The lowest BCUT2D eigenvalue weighted by molar-refractivity contribution is -0.133. The maximum Gasteiger partial charge on any atom is 0.273 e. The number of para-hydroxylation sites is 1. The van der Waals surface area contributed by atoms with Crippen LogP contribution in [-0.2, 0) is 17.9 Å². The highest BCUT2D eigenvalue weighted by atomic mass is 16.5. The fourth-order valence-corrected chi connectivity index (χ4v) is 4.10. The van der Waals surface area contributed by atoms with E-state index in [0.29, 0.717) is 35.4 Å². The summed E-state index contributed by atoms with van der Waals surface area (Å²) in [6, 6.07) is 12.8. The fraction of sp³-hybridized carbons (Fsp3) is 0.400. The maximum atomic E-state index is 13.7. The van der Waals surface area contributed by atoms with Gasteiger partial charge in [-0.2, -0.15) is 5.10 Å². The fourth-order valence-electron chi connectivity index (χ4n) is 4.10. The van der Waals surface area contributed by atoms with Gasteiger partial charge >= 0.3 is 0 Å². The summed E-state index contributed by atoms with van der Waals surface area (Å²) in [5.74, 6) is 1.24. The number of hydrogen-bond donors (Lipinski definition) is 1. The van der Waals surface area contributed by atoms with Crippen LogP contribution >= 0.6 is 0 Å². The van der Waals surface area contributed by atoms with Gasteiger partial charge in [0.15, 0.2) is 5.76 Å². The molecule has 174 valence electrons. The van der Waals surface area contributed by atoms with Gasteiger partial charge in [0.05, 0.1) is 26.5 Å². The monoisotopic (exact) mass is 450 g/mol. The molecule has 1 atom stereocenters. The Kier molecular flexibility index (Phi) is 6.26. The molecule has 1 aliphatic heterocycles. The smallest absolute Gasteiger partial charge is 0.273 e. The first-order valence-corrected chi connectivity index (χ1v) is 11.2. The largest absolute Gasteiger partial charge is 0.496 e. The Labute approximate surface area is 193 Å². The third-order valence-corrected chi connectivity index (χ3v) is 6.09. The van der Waals surface area contributed by atoms with Gasteiger partial charge in [-0.3, -0.25) is 14.3 Å². The molecule has 2 aromatic heterocycles. The molecule has 0 saturated carbocycles. The first kappa shape index (κ1) is 22.6. The van der Waals surface area contributed by atoms with Crippen molar-refractivity contribution in [1.29, 1.82) is 0 Å². The molecule has 0 bridgehead atoms. The molecule has 0 saturated heterocycles. The van der Waals surface area contributed by atoms with Crippen molar-refractivity contribution in [3.05, 3.63) is 60.0 Å². The molecule has 8 nitrogen and oxygen atoms in total. The number of rotatable bonds is 8. The molecule has 0 aliphatic carbocycles. The van der Waals surface area contributed by atoms with Crippen LogP contribution < -0.4 is 10.1 Å². The number of nitrogens with zero attached hydrogens (tertiary/aromatic N) is 3. The van der Waals surface area contributed by atoms with Gasteiger partial charge in [-0.05, 0) is 37.5 Å². The average molecular weight is 451 g/mol. The highest BCUT2D eigenvalue weighted by Crippen LogP contribution is 2.33. The van der Waals surface area contributed by atoms with Gasteiger partial charge in [0.25, 0.3) is 5.91 Å². The zero-order chi connectivity index (χ0) is 23.6. The van der Waals surface area contributed by atoms with Crippen LogP contribution in [0.5, 0.6) is 5.75 Å². The van der Waals surface area contributed by atoms with E-state index in [4.69, 9.17) is 9.15 Å². The Morgan fingerprint density at radius 3 is 2.76 bits per heavy atom. The molecule has 0 fully saturated rings. The van der Waals surface area contributed by atoms with Crippen LogP contribution in [0.3, 0.4) is 0 Å². The number of carbonyl (C=O) groups is 2. The summed E-state index contributed by atoms with van der Waals surface area (Å²) in [7, 11) is 1.60. The molecular formula is C25H30N4O4. The predicted octanol–water partition coefficient (Wildman–Crippen LogP) is 3.73. The third-order valence-electron chi connectivity index (χ3n) is 6.09. The number of carbonyl (C=O) groups excluding carboxylic acids is 2. The molecule has 0 spiro atoms. The molecule has 3 heterocycles. The molecule has 1 N–H and O–H groups in total. The maximum absolute atomic E-state index is 13.7. The molecule has 1 aromatic carbocycles. The number of furan rings is 1.